The third-order valence-corrected chi connectivity index (χ3v) is 2.60. The molecule has 0 radical (unpaired) electrons. The van der Waals surface area contributed by atoms with E-state index in [4.69, 9.17) is 14.6 Å². The first-order chi connectivity index (χ1) is 10.1. The predicted octanol–water partition coefficient (Wildman–Crippen LogP) is 2.65. The summed E-state index contributed by atoms with van der Waals surface area (Å²) in [6.45, 7) is 0.443. The number of carbonyl (C=O) groups is 2. The minimum Gasteiger partial charge on any atom is -0.489 e. The summed E-state index contributed by atoms with van der Waals surface area (Å²) in [4.78, 5) is 21.5. The summed E-state index contributed by atoms with van der Waals surface area (Å²) < 4.78 is 10.4. The Morgan fingerprint density at radius 2 is 1.52 bits per heavy atom. The van der Waals surface area contributed by atoms with Gasteiger partial charge in [-0.15, -0.1) is 0 Å². The number of hydrogen-bond donors (Lipinski definition) is 1. The standard InChI is InChI=1S/C16H14O5/c17-15(18)10-16(19)21-14-8-6-13(7-9-14)20-11-12-4-2-1-3-5-12/h1-9H,10-11H2,(H,17,18). The average Bonchev–Trinajstić information content (AvgIpc) is 2.47. The molecular formula is C16H14O5. The first-order valence-corrected chi connectivity index (χ1v) is 6.33. The summed E-state index contributed by atoms with van der Waals surface area (Å²) in [6.07, 6.45) is -0.660. The third kappa shape index (κ3) is 4.99. The van der Waals surface area contributed by atoms with Crippen molar-refractivity contribution < 1.29 is 24.2 Å². The second kappa shape index (κ2) is 7.09. The SMILES string of the molecule is O=C(O)CC(=O)Oc1ccc(OCc2ccccc2)cc1. The van der Waals surface area contributed by atoms with Gasteiger partial charge in [0.15, 0.2) is 0 Å². The Labute approximate surface area is 121 Å². The fourth-order valence-corrected chi connectivity index (χ4v) is 1.64. The summed E-state index contributed by atoms with van der Waals surface area (Å²) in [6, 6.07) is 16.2. The molecule has 0 aliphatic carbocycles. The van der Waals surface area contributed by atoms with Crippen molar-refractivity contribution >= 4 is 11.9 Å². The molecule has 0 heterocycles. The topological polar surface area (TPSA) is 72.8 Å². The van der Waals surface area contributed by atoms with Crippen LogP contribution in [0.25, 0.3) is 0 Å². The lowest BCUT2D eigenvalue weighted by Gasteiger charge is -2.07. The zero-order valence-corrected chi connectivity index (χ0v) is 11.2. The van der Waals surface area contributed by atoms with Gasteiger partial charge in [0, 0.05) is 0 Å². The van der Waals surface area contributed by atoms with Crippen LogP contribution in [0.5, 0.6) is 11.5 Å². The molecule has 5 nitrogen and oxygen atoms in total. The van der Waals surface area contributed by atoms with Crippen LogP contribution in [0.1, 0.15) is 12.0 Å². The molecule has 108 valence electrons. The first-order valence-electron chi connectivity index (χ1n) is 6.33. The molecule has 2 rings (SSSR count). The minimum absolute atomic E-state index is 0.285. The van der Waals surface area contributed by atoms with Gasteiger partial charge in [0.05, 0.1) is 0 Å². The van der Waals surface area contributed by atoms with Gasteiger partial charge in [-0.2, -0.15) is 0 Å². The zero-order chi connectivity index (χ0) is 15.1. The normalized spacial score (nSPS) is 9.90. The van der Waals surface area contributed by atoms with Crippen molar-refractivity contribution in [1.29, 1.82) is 0 Å². The van der Waals surface area contributed by atoms with E-state index in [1.165, 1.54) is 0 Å². The lowest BCUT2D eigenvalue weighted by Crippen LogP contribution is -2.13. The zero-order valence-electron chi connectivity index (χ0n) is 11.2. The summed E-state index contributed by atoms with van der Waals surface area (Å²) in [5.41, 5.74) is 1.05. The van der Waals surface area contributed by atoms with Crippen molar-refractivity contribution in [2.75, 3.05) is 0 Å². The van der Waals surface area contributed by atoms with Gasteiger partial charge in [0.1, 0.15) is 24.5 Å². The van der Waals surface area contributed by atoms with Gasteiger partial charge in [-0.25, -0.2) is 0 Å². The molecule has 0 aliphatic rings. The number of ether oxygens (including phenoxy) is 2. The van der Waals surface area contributed by atoms with Gasteiger partial charge in [-0.1, -0.05) is 30.3 Å². The summed E-state index contributed by atoms with van der Waals surface area (Å²) >= 11 is 0. The Kier molecular flexibility index (Phi) is 4.93. The van der Waals surface area contributed by atoms with E-state index >= 15 is 0 Å². The Balaban J connectivity index is 1.87. The highest BCUT2D eigenvalue weighted by Gasteiger charge is 2.10. The average molecular weight is 286 g/mol. The maximum Gasteiger partial charge on any atom is 0.322 e. The van der Waals surface area contributed by atoms with Crippen molar-refractivity contribution in [1.82, 2.24) is 0 Å². The third-order valence-electron chi connectivity index (χ3n) is 2.60. The summed E-state index contributed by atoms with van der Waals surface area (Å²) in [5.74, 6) is -1.10. The van der Waals surface area contributed by atoms with Crippen LogP contribution >= 0.6 is 0 Å². The van der Waals surface area contributed by atoms with Crippen LogP contribution in [0.3, 0.4) is 0 Å². The number of hydrogen-bond acceptors (Lipinski definition) is 4. The Morgan fingerprint density at radius 3 is 2.14 bits per heavy atom. The van der Waals surface area contributed by atoms with E-state index in [0.29, 0.717) is 12.4 Å². The van der Waals surface area contributed by atoms with Crippen molar-refractivity contribution in [3.05, 3.63) is 60.2 Å². The molecule has 0 atom stereocenters. The molecule has 5 heteroatoms. The Bertz CT molecular complexity index is 604. The smallest absolute Gasteiger partial charge is 0.322 e. The number of benzene rings is 2. The molecular weight excluding hydrogens is 272 g/mol. The molecule has 0 aliphatic heterocycles. The molecule has 21 heavy (non-hydrogen) atoms. The van der Waals surface area contributed by atoms with Gasteiger partial charge >= 0.3 is 11.9 Å². The van der Waals surface area contributed by atoms with E-state index in [1.807, 2.05) is 30.3 Å². The van der Waals surface area contributed by atoms with E-state index in [9.17, 15) is 9.59 Å². The quantitative estimate of drug-likeness (QED) is 0.502. The van der Waals surface area contributed by atoms with Crippen LogP contribution in [0.15, 0.2) is 54.6 Å². The van der Waals surface area contributed by atoms with Gasteiger partial charge in [-0.05, 0) is 29.8 Å². The first kappa shape index (κ1) is 14.6. The molecule has 0 spiro atoms. The molecule has 0 bridgehead atoms. The van der Waals surface area contributed by atoms with Crippen LogP contribution in [-0.2, 0) is 16.2 Å². The monoisotopic (exact) mass is 286 g/mol. The van der Waals surface area contributed by atoms with Crippen molar-refractivity contribution in [3.8, 4) is 11.5 Å². The van der Waals surface area contributed by atoms with Gasteiger partial charge < -0.3 is 14.6 Å². The molecule has 0 saturated carbocycles. The number of carboxylic acid groups (broad SMARTS) is 1. The molecule has 0 aromatic heterocycles. The van der Waals surface area contributed by atoms with E-state index in [0.717, 1.165) is 5.56 Å². The molecule has 2 aromatic carbocycles. The van der Waals surface area contributed by atoms with Gasteiger partial charge in [-0.3, -0.25) is 9.59 Å². The molecule has 0 saturated heterocycles. The summed E-state index contributed by atoms with van der Waals surface area (Å²) in [7, 11) is 0. The largest absolute Gasteiger partial charge is 0.489 e. The number of rotatable bonds is 6. The van der Waals surface area contributed by atoms with E-state index in [1.54, 1.807) is 24.3 Å². The lowest BCUT2D eigenvalue weighted by molar-refractivity contribution is -0.145. The van der Waals surface area contributed by atoms with Crippen molar-refractivity contribution in [3.63, 3.8) is 0 Å². The number of aliphatic carboxylic acids is 1. The molecule has 0 fully saturated rings. The molecule has 0 unspecified atom stereocenters. The fraction of sp³-hybridized carbons (Fsp3) is 0.125. The Morgan fingerprint density at radius 1 is 0.905 bits per heavy atom. The van der Waals surface area contributed by atoms with E-state index in [-0.39, 0.29) is 5.75 Å². The number of carbonyl (C=O) groups excluding carboxylic acids is 1. The molecule has 1 N–H and O–H groups in total. The predicted molar refractivity (Wildman–Crippen MR) is 75.1 cm³/mol. The van der Waals surface area contributed by atoms with Crippen LogP contribution in [0.4, 0.5) is 0 Å². The van der Waals surface area contributed by atoms with Crippen LogP contribution in [0.2, 0.25) is 0 Å². The minimum atomic E-state index is -1.22. The highest BCUT2D eigenvalue weighted by Crippen LogP contribution is 2.19. The lowest BCUT2D eigenvalue weighted by atomic mass is 10.2. The maximum absolute atomic E-state index is 11.2. The van der Waals surface area contributed by atoms with Crippen molar-refractivity contribution in [2.45, 2.75) is 13.0 Å². The number of esters is 1. The van der Waals surface area contributed by atoms with E-state index < -0.39 is 18.4 Å². The maximum atomic E-state index is 11.2. The highest BCUT2D eigenvalue weighted by molar-refractivity contribution is 5.91. The van der Waals surface area contributed by atoms with Crippen LogP contribution < -0.4 is 9.47 Å². The second-order valence-corrected chi connectivity index (χ2v) is 4.29. The molecule has 2 aromatic rings. The van der Waals surface area contributed by atoms with Crippen LogP contribution in [-0.4, -0.2) is 17.0 Å². The van der Waals surface area contributed by atoms with Crippen molar-refractivity contribution in [2.24, 2.45) is 0 Å². The van der Waals surface area contributed by atoms with Gasteiger partial charge in [0.25, 0.3) is 0 Å². The fourth-order valence-electron chi connectivity index (χ4n) is 1.64. The van der Waals surface area contributed by atoms with E-state index in [2.05, 4.69) is 0 Å². The van der Waals surface area contributed by atoms with Crippen LogP contribution in [0, 0.1) is 0 Å². The summed E-state index contributed by atoms with van der Waals surface area (Å²) in [5, 5.41) is 8.46. The Hall–Kier alpha value is -2.82. The highest BCUT2D eigenvalue weighted by atomic mass is 16.5. The van der Waals surface area contributed by atoms with Gasteiger partial charge in [0.2, 0.25) is 0 Å². The second-order valence-electron chi connectivity index (χ2n) is 4.29. The molecule has 0 amide bonds. The number of carboxylic acids is 1.